The Bertz CT molecular complexity index is 506. The molecule has 4 heteroatoms. The zero-order chi connectivity index (χ0) is 13.3. The second kappa shape index (κ2) is 4.44. The minimum Gasteiger partial charge on any atom is -0.462 e. The SMILES string of the molecule is CCOC(=O)c1ccc2c(c1)CC(C)(C)C(=O)N2. The summed E-state index contributed by atoms with van der Waals surface area (Å²) >= 11 is 0. The minimum atomic E-state index is -0.444. The van der Waals surface area contributed by atoms with Gasteiger partial charge in [0.25, 0.3) is 0 Å². The van der Waals surface area contributed by atoms with Gasteiger partial charge in [0.1, 0.15) is 0 Å². The molecular weight excluding hydrogens is 230 g/mol. The predicted molar refractivity (Wildman–Crippen MR) is 68.5 cm³/mol. The molecule has 0 saturated heterocycles. The first-order valence-electron chi connectivity index (χ1n) is 6.05. The number of amides is 1. The molecule has 1 aromatic carbocycles. The van der Waals surface area contributed by atoms with E-state index in [0.29, 0.717) is 18.6 Å². The molecule has 0 spiro atoms. The summed E-state index contributed by atoms with van der Waals surface area (Å²) in [5.41, 5.74) is 1.85. The number of fused-ring (bicyclic) bond motifs is 1. The fourth-order valence-electron chi connectivity index (χ4n) is 2.05. The van der Waals surface area contributed by atoms with Crippen molar-refractivity contribution in [2.75, 3.05) is 11.9 Å². The first-order chi connectivity index (χ1) is 8.44. The Hall–Kier alpha value is -1.84. The van der Waals surface area contributed by atoms with Gasteiger partial charge in [-0.15, -0.1) is 0 Å². The molecule has 1 N–H and O–H groups in total. The zero-order valence-electron chi connectivity index (χ0n) is 10.9. The van der Waals surface area contributed by atoms with E-state index < -0.39 is 5.41 Å². The normalized spacial score (nSPS) is 16.7. The Morgan fingerprint density at radius 2 is 2.17 bits per heavy atom. The van der Waals surface area contributed by atoms with Crippen molar-refractivity contribution in [1.29, 1.82) is 0 Å². The van der Waals surface area contributed by atoms with Crippen molar-refractivity contribution in [2.24, 2.45) is 5.41 Å². The van der Waals surface area contributed by atoms with Gasteiger partial charge in [0, 0.05) is 11.1 Å². The van der Waals surface area contributed by atoms with E-state index in [0.717, 1.165) is 11.3 Å². The molecule has 0 atom stereocenters. The Balaban J connectivity index is 2.33. The van der Waals surface area contributed by atoms with Crippen LogP contribution < -0.4 is 5.32 Å². The number of carbonyl (C=O) groups excluding carboxylic acids is 2. The summed E-state index contributed by atoms with van der Waals surface area (Å²) in [7, 11) is 0. The van der Waals surface area contributed by atoms with Crippen molar-refractivity contribution in [2.45, 2.75) is 27.2 Å². The first-order valence-corrected chi connectivity index (χ1v) is 6.05. The van der Waals surface area contributed by atoms with Crippen LogP contribution in [0, 0.1) is 5.41 Å². The molecule has 0 radical (unpaired) electrons. The molecule has 0 saturated carbocycles. The van der Waals surface area contributed by atoms with Crippen LogP contribution in [0.3, 0.4) is 0 Å². The average molecular weight is 247 g/mol. The Morgan fingerprint density at radius 3 is 2.83 bits per heavy atom. The summed E-state index contributed by atoms with van der Waals surface area (Å²) in [6.07, 6.45) is 0.626. The van der Waals surface area contributed by atoms with E-state index in [-0.39, 0.29) is 11.9 Å². The highest BCUT2D eigenvalue weighted by Crippen LogP contribution is 2.33. The van der Waals surface area contributed by atoms with Crippen molar-refractivity contribution in [3.8, 4) is 0 Å². The number of anilines is 1. The van der Waals surface area contributed by atoms with E-state index in [9.17, 15) is 9.59 Å². The van der Waals surface area contributed by atoms with Crippen LogP contribution in [0.4, 0.5) is 5.69 Å². The number of rotatable bonds is 2. The molecular formula is C14H17NO3. The molecule has 0 fully saturated rings. The molecule has 1 heterocycles. The van der Waals surface area contributed by atoms with Gasteiger partial charge in [-0.3, -0.25) is 4.79 Å². The van der Waals surface area contributed by atoms with E-state index in [2.05, 4.69) is 5.32 Å². The van der Waals surface area contributed by atoms with Crippen LogP contribution in [-0.2, 0) is 16.0 Å². The second-order valence-corrected chi connectivity index (χ2v) is 5.11. The topological polar surface area (TPSA) is 55.4 Å². The summed E-state index contributed by atoms with van der Waals surface area (Å²) < 4.78 is 4.97. The predicted octanol–water partition coefficient (Wildman–Crippen LogP) is 2.38. The molecule has 4 nitrogen and oxygen atoms in total. The van der Waals surface area contributed by atoms with Crippen LogP contribution in [-0.4, -0.2) is 18.5 Å². The first kappa shape index (κ1) is 12.6. The molecule has 1 amide bonds. The maximum Gasteiger partial charge on any atom is 0.338 e. The highest BCUT2D eigenvalue weighted by atomic mass is 16.5. The molecule has 0 aromatic heterocycles. The van der Waals surface area contributed by atoms with Crippen LogP contribution in [0.15, 0.2) is 18.2 Å². The standard InChI is InChI=1S/C14H17NO3/c1-4-18-12(16)9-5-6-11-10(7-9)8-14(2,3)13(17)15-11/h5-7H,4,8H2,1-3H3,(H,15,17). The smallest absolute Gasteiger partial charge is 0.338 e. The van der Waals surface area contributed by atoms with E-state index in [4.69, 9.17) is 4.74 Å². The van der Waals surface area contributed by atoms with Crippen molar-refractivity contribution in [3.63, 3.8) is 0 Å². The summed E-state index contributed by atoms with van der Waals surface area (Å²) in [6, 6.07) is 5.23. The highest BCUT2D eigenvalue weighted by Gasteiger charge is 2.33. The van der Waals surface area contributed by atoms with Crippen LogP contribution in [0.2, 0.25) is 0 Å². The molecule has 0 unspecified atom stereocenters. The van der Waals surface area contributed by atoms with Gasteiger partial charge < -0.3 is 10.1 Å². The monoisotopic (exact) mass is 247 g/mol. The van der Waals surface area contributed by atoms with E-state index in [1.165, 1.54) is 0 Å². The molecule has 0 bridgehead atoms. The van der Waals surface area contributed by atoms with Crippen LogP contribution in [0.5, 0.6) is 0 Å². The number of carbonyl (C=O) groups is 2. The van der Waals surface area contributed by atoms with Crippen molar-refractivity contribution in [3.05, 3.63) is 29.3 Å². The third-order valence-electron chi connectivity index (χ3n) is 3.11. The van der Waals surface area contributed by atoms with Gasteiger partial charge in [-0.1, -0.05) is 13.8 Å². The lowest BCUT2D eigenvalue weighted by molar-refractivity contribution is -0.124. The van der Waals surface area contributed by atoms with Gasteiger partial charge in [0.05, 0.1) is 12.2 Å². The lowest BCUT2D eigenvalue weighted by Crippen LogP contribution is -2.37. The van der Waals surface area contributed by atoms with Crippen LogP contribution in [0.1, 0.15) is 36.7 Å². The Kier molecular flexibility index (Phi) is 3.11. The summed E-state index contributed by atoms with van der Waals surface area (Å²) in [5.74, 6) is -0.311. The number of ether oxygens (including phenoxy) is 1. The van der Waals surface area contributed by atoms with Gasteiger partial charge >= 0.3 is 5.97 Å². The lowest BCUT2D eigenvalue weighted by atomic mass is 9.81. The fraction of sp³-hybridized carbons (Fsp3) is 0.429. The Labute approximate surface area is 106 Å². The Morgan fingerprint density at radius 1 is 1.44 bits per heavy atom. The van der Waals surface area contributed by atoms with Crippen molar-refractivity contribution >= 4 is 17.6 Å². The molecule has 96 valence electrons. The largest absolute Gasteiger partial charge is 0.462 e. The average Bonchev–Trinajstić information content (AvgIpc) is 2.30. The molecule has 18 heavy (non-hydrogen) atoms. The highest BCUT2D eigenvalue weighted by molar-refractivity contribution is 5.99. The number of esters is 1. The van der Waals surface area contributed by atoms with Gasteiger partial charge in [0.2, 0.25) is 5.91 Å². The fourth-order valence-corrected chi connectivity index (χ4v) is 2.05. The van der Waals surface area contributed by atoms with Gasteiger partial charge in [0.15, 0.2) is 0 Å². The van der Waals surface area contributed by atoms with Crippen molar-refractivity contribution in [1.82, 2.24) is 0 Å². The lowest BCUT2D eigenvalue weighted by Gasteiger charge is -2.30. The van der Waals surface area contributed by atoms with Crippen LogP contribution in [0.25, 0.3) is 0 Å². The third-order valence-corrected chi connectivity index (χ3v) is 3.11. The maximum absolute atomic E-state index is 11.8. The summed E-state index contributed by atoms with van der Waals surface area (Å²) in [4.78, 5) is 23.4. The molecule has 1 aliphatic rings. The zero-order valence-corrected chi connectivity index (χ0v) is 10.9. The number of hydrogen-bond donors (Lipinski definition) is 1. The van der Waals surface area contributed by atoms with E-state index in [1.807, 2.05) is 13.8 Å². The third kappa shape index (κ3) is 2.23. The van der Waals surface area contributed by atoms with E-state index >= 15 is 0 Å². The molecule has 2 rings (SSSR count). The van der Waals surface area contributed by atoms with Gasteiger partial charge in [-0.05, 0) is 37.1 Å². The quantitative estimate of drug-likeness (QED) is 0.816. The molecule has 0 aliphatic carbocycles. The number of benzene rings is 1. The maximum atomic E-state index is 11.8. The molecule has 1 aromatic rings. The number of nitrogens with one attached hydrogen (secondary N) is 1. The number of hydrogen-bond acceptors (Lipinski definition) is 3. The van der Waals surface area contributed by atoms with Gasteiger partial charge in [-0.25, -0.2) is 4.79 Å². The summed E-state index contributed by atoms with van der Waals surface area (Å²) in [5, 5.41) is 2.86. The van der Waals surface area contributed by atoms with E-state index in [1.54, 1.807) is 25.1 Å². The summed E-state index contributed by atoms with van der Waals surface area (Å²) in [6.45, 7) is 5.92. The van der Waals surface area contributed by atoms with Crippen molar-refractivity contribution < 1.29 is 14.3 Å². The van der Waals surface area contributed by atoms with Gasteiger partial charge in [-0.2, -0.15) is 0 Å². The minimum absolute atomic E-state index is 0.0129. The second-order valence-electron chi connectivity index (χ2n) is 5.11. The molecule has 1 aliphatic heterocycles. The van der Waals surface area contributed by atoms with Crippen LogP contribution >= 0.6 is 0 Å².